The third kappa shape index (κ3) is 9.13. The molecular weight excluding hydrogens is 450 g/mol. The van der Waals surface area contributed by atoms with E-state index in [-0.39, 0.29) is 6.42 Å². The molecule has 10 N–H and O–H groups in total. The second kappa shape index (κ2) is 13.2. The minimum atomic E-state index is -1.60. The minimum absolute atomic E-state index is 0.0667. The fourth-order valence-electron chi connectivity index (χ4n) is 2.87. The molecule has 0 aliphatic carbocycles. The standard InChI is InChI=1S/C21H31N5O8/c1-10(27)16(23)19(31)26-17(11(2)28)20(32)24-13(9-15(22)29)18(30)25-14(21(33)34)8-12-6-4-3-5-7-12/h3-7,10-11,13-14,16-17,27-28H,8-9,23H2,1-2H3,(H2,22,29)(H,24,32)(H,25,30)(H,26,31)(H,33,34). The fraction of sp³-hybridized carbons (Fsp3) is 0.476. The lowest BCUT2D eigenvalue weighted by molar-refractivity contribution is -0.142. The van der Waals surface area contributed by atoms with Crippen LogP contribution in [0.25, 0.3) is 0 Å². The monoisotopic (exact) mass is 481 g/mol. The average Bonchev–Trinajstić information content (AvgIpc) is 2.75. The summed E-state index contributed by atoms with van der Waals surface area (Å²) in [6.45, 7) is 2.44. The van der Waals surface area contributed by atoms with Crippen molar-refractivity contribution in [2.45, 2.75) is 63.1 Å². The zero-order chi connectivity index (χ0) is 26.0. The van der Waals surface area contributed by atoms with Crippen LogP contribution in [0.15, 0.2) is 30.3 Å². The van der Waals surface area contributed by atoms with Gasteiger partial charge < -0.3 is 42.7 Å². The lowest BCUT2D eigenvalue weighted by atomic mass is 10.0. The van der Waals surface area contributed by atoms with Gasteiger partial charge in [0, 0.05) is 6.42 Å². The summed E-state index contributed by atoms with van der Waals surface area (Å²) in [6.07, 6.45) is -3.44. The van der Waals surface area contributed by atoms with Crippen molar-refractivity contribution in [3.05, 3.63) is 35.9 Å². The third-order valence-corrected chi connectivity index (χ3v) is 4.82. The van der Waals surface area contributed by atoms with Gasteiger partial charge in [0.05, 0.1) is 18.6 Å². The molecule has 188 valence electrons. The fourth-order valence-corrected chi connectivity index (χ4v) is 2.87. The van der Waals surface area contributed by atoms with Crippen molar-refractivity contribution in [1.29, 1.82) is 0 Å². The van der Waals surface area contributed by atoms with Crippen LogP contribution in [0.2, 0.25) is 0 Å². The Balaban J connectivity index is 2.99. The van der Waals surface area contributed by atoms with Crippen LogP contribution in [-0.4, -0.2) is 81.3 Å². The first kappa shape index (κ1) is 28.5. The molecule has 1 rings (SSSR count). The number of hydrogen-bond donors (Lipinski definition) is 8. The molecule has 0 bridgehead atoms. The van der Waals surface area contributed by atoms with Crippen LogP contribution in [0, 0.1) is 0 Å². The molecule has 0 aliphatic rings. The summed E-state index contributed by atoms with van der Waals surface area (Å²) < 4.78 is 0. The summed E-state index contributed by atoms with van der Waals surface area (Å²) in [6, 6.07) is 2.50. The summed E-state index contributed by atoms with van der Waals surface area (Å²) in [5, 5.41) is 35.4. The van der Waals surface area contributed by atoms with E-state index in [1.165, 1.54) is 13.8 Å². The Kier molecular flexibility index (Phi) is 11.1. The summed E-state index contributed by atoms with van der Waals surface area (Å²) in [5.41, 5.74) is 11.3. The number of primary amides is 1. The maximum absolute atomic E-state index is 12.7. The first-order valence-corrected chi connectivity index (χ1v) is 10.4. The highest BCUT2D eigenvalue weighted by atomic mass is 16.4. The minimum Gasteiger partial charge on any atom is -0.480 e. The first-order valence-electron chi connectivity index (χ1n) is 10.4. The van der Waals surface area contributed by atoms with Gasteiger partial charge >= 0.3 is 5.97 Å². The van der Waals surface area contributed by atoms with Gasteiger partial charge in [-0.1, -0.05) is 30.3 Å². The van der Waals surface area contributed by atoms with Crippen molar-refractivity contribution in [1.82, 2.24) is 16.0 Å². The zero-order valence-electron chi connectivity index (χ0n) is 18.8. The molecule has 13 nitrogen and oxygen atoms in total. The Morgan fingerprint density at radius 1 is 0.853 bits per heavy atom. The van der Waals surface area contributed by atoms with Gasteiger partial charge in [-0.05, 0) is 19.4 Å². The van der Waals surface area contributed by atoms with Gasteiger partial charge in [-0.3, -0.25) is 19.2 Å². The molecule has 0 spiro atoms. The van der Waals surface area contributed by atoms with Gasteiger partial charge in [-0.15, -0.1) is 0 Å². The van der Waals surface area contributed by atoms with E-state index >= 15 is 0 Å². The normalized spacial score (nSPS) is 16.1. The largest absolute Gasteiger partial charge is 0.480 e. The second-order valence-electron chi connectivity index (χ2n) is 7.81. The van der Waals surface area contributed by atoms with Crippen molar-refractivity contribution >= 4 is 29.6 Å². The number of aliphatic carboxylic acids is 1. The van der Waals surface area contributed by atoms with E-state index in [2.05, 4.69) is 16.0 Å². The topological polar surface area (TPSA) is 234 Å². The summed E-state index contributed by atoms with van der Waals surface area (Å²) >= 11 is 0. The molecule has 0 aromatic heterocycles. The van der Waals surface area contributed by atoms with Crippen molar-refractivity contribution in [3.8, 4) is 0 Å². The van der Waals surface area contributed by atoms with Crippen LogP contribution >= 0.6 is 0 Å². The summed E-state index contributed by atoms with van der Waals surface area (Å²) in [4.78, 5) is 60.6. The molecule has 1 aromatic rings. The van der Waals surface area contributed by atoms with Gasteiger partial charge in [0.25, 0.3) is 0 Å². The van der Waals surface area contributed by atoms with Gasteiger partial charge in [-0.2, -0.15) is 0 Å². The van der Waals surface area contributed by atoms with Crippen LogP contribution in [0.3, 0.4) is 0 Å². The van der Waals surface area contributed by atoms with Gasteiger partial charge in [0.1, 0.15) is 24.2 Å². The Morgan fingerprint density at radius 3 is 1.88 bits per heavy atom. The molecule has 0 aliphatic heterocycles. The van der Waals surface area contributed by atoms with Gasteiger partial charge in [0.15, 0.2) is 0 Å². The van der Waals surface area contributed by atoms with Crippen LogP contribution in [0.1, 0.15) is 25.8 Å². The Morgan fingerprint density at radius 2 is 1.41 bits per heavy atom. The van der Waals surface area contributed by atoms with E-state index < -0.39 is 72.4 Å². The highest BCUT2D eigenvalue weighted by Gasteiger charge is 2.33. The lowest BCUT2D eigenvalue weighted by Gasteiger charge is -2.26. The number of nitrogens with two attached hydrogens (primary N) is 2. The Labute approximate surface area is 195 Å². The second-order valence-corrected chi connectivity index (χ2v) is 7.81. The van der Waals surface area contributed by atoms with Crippen molar-refractivity contribution in [2.24, 2.45) is 11.5 Å². The number of carbonyl (C=O) groups is 5. The number of amides is 4. The summed E-state index contributed by atoms with van der Waals surface area (Å²) in [5.74, 6) is -5.32. The molecular formula is C21H31N5O8. The molecule has 0 radical (unpaired) electrons. The molecule has 6 atom stereocenters. The number of rotatable bonds is 13. The Hall–Kier alpha value is -3.55. The number of nitrogens with one attached hydrogen (secondary N) is 3. The third-order valence-electron chi connectivity index (χ3n) is 4.82. The predicted octanol–water partition coefficient (Wildman–Crippen LogP) is -3.27. The van der Waals surface area contributed by atoms with Crippen LogP contribution in [-0.2, 0) is 30.4 Å². The van der Waals surface area contributed by atoms with E-state index in [1.54, 1.807) is 30.3 Å². The number of aliphatic hydroxyl groups excluding tert-OH is 2. The number of carboxylic acids is 1. The number of carboxylic acid groups (broad SMARTS) is 1. The van der Waals surface area contributed by atoms with Crippen molar-refractivity contribution < 1.29 is 39.3 Å². The lowest BCUT2D eigenvalue weighted by Crippen LogP contribution is -2.61. The number of aliphatic hydroxyl groups is 2. The summed E-state index contributed by atoms with van der Waals surface area (Å²) in [7, 11) is 0. The first-order chi connectivity index (χ1) is 15.8. The molecule has 0 heterocycles. The van der Waals surface area contributed by atoms with E-state index in [4.69, 9.17) is 11.5 Å². The zero-order valence-corrected chi connectivity index (χ0v) is 18.8. The van der Waals surface area contributed by atoms with E-state index in [0.717, 1.165) is 0 Å². The van der Waals surface area contributed by atoms with Gasteiger partial charge in [-0.25, -0.2) is 4.79 Å². The number of carbonyl (C=O) groups excluding carboxylic acids is 4. The Bertz CT molecular complexity index is 877. The van der Waals surface area contributed by atoms with E-state index in [0.29, 0.717) is 5.56 Å². The SMILES string of the molecule is CC(O)C(N)C(=O)NC(C(=O)NC(CC(N)=O)C(=O)NC(Cc1ccccc1)C(=O)O)C(C)O. The molecule has 13 heteroatoms. The smallest absolute Gasteiger partial charge is 0.326 e. The number of hydrogen-bond acceptors (Lipinski definition) is 8. The highest BCUT2D eigenvalue weighted by Crippen LogP contribution is 2.05. The molecule has 6 unspecified atom stereocenters. The van der Waals surface area contributed by atoms with Crippen molar-refractivity contribution in [3.63, 3.8) is 0 Å². The highest BCUT2D eigenvalue weighted by molar-refractivity contribution is 5.96. The van der Waals surface area contributed by atoms with E-state index in [1.807, 2.05) is 0 Å². The van der Waals surface area contributed by atoms with E-state index in [9.17, 15) is 39.3 Å². The molecule has 0 fully saturated rings. The predicted molar refractivity (Wildman–Crippen MR) is 119 cm³/mol. The van der Waals surface area contributed by atoms with Crippen molar-refractivity contribution in [2.75, 3.05) is 0 Å². The van der Waals surface area contributed by atoms with Crippen LogP contribution < -0.4 is 27.4 Å². The van der Waals surface area contributed by atoms with Crippen LogP contribution in [0.5, 0.6) is 0 Å². The van der Waals surface area contributed by atoms with Gasteiger partial charge in [0.2, 0.25) is 23.6 Å². The van der Waals surface area contributed by atoms with Crippen LogP contribution in [0.4, 0.5) is 0 Å². The maximum Gasteiger partial charge on any atom is 0.326 e. The molecule has 0 saturated heterocycles. The maximum atomic E-state index is 12.7. The molecule has 34 heavy (non-hydrogen) atoms. The average molecular weight is 482 g/mol. The number of benzene rings is 1. The molecule has 1 aromatic carbocycles. The molecule has 4 amide bonds. The molecule has 0 saturated carbocycles. The quantitative estimate of drug-likeness (QED) is 0.141.